The highest BCUT2D eigenvalue weighted by Gasteiger charge is 2.43. The van der Waals surface area contributed by atoms with Crippen LogP contribution < -0.4 is 5.73 Å². The number of ether oxygens (including phenoxy) is 2. The van der Waals surface area contributed by atoms with Crippen LogP contribution in [0.1, 0.15) is 6.42 Å². The van der Waals surface area contributed by atoms with Crippen molar-refractivity contribution in [2.24, 2.45) is 5.73 Å². The molecule has 1 rings (SSSR count). The van der Waals surface area contributed by atoms with Crippen LogP contribution in [0.4, 0.5) is 0 Å². The lowest BCUT2D eigenvalue weighted by Gasteiger charge is -2.39. The van der Waals surface area contributed by atoms with E-state index in [1.54, 1.807) is 11.8 Å². The molecule has 0 aromatic heterocycles. The van der Waals surface area contributed by atoms with Gasteiger partial charge in [-0.2, -0.15) is 11.8 Å². The van der Waals surface area contributed by atoms with Gasteiger partial charge in [-0.3, -0.25) is 0 Å². The molecule has 1 fully saturated rings. The minimum Gasteiger partial charge on any atom is -0.394 e. The molecule has 5 atom stereocenters. The van der Waals surface area contributed by atoms with E-state index in [0.717, 1.165) is 17.9 Å². The number of thioether (sulfide) groups is 1. The Kier molecular flexibility index (Phi) is 8.19. The maximum Gasteiger partial charge on any atom is 0.186 e. The molecule has 1 heterocycles. The molecular formula is C11H23NO6S. The molecule has 6 N–H and O–H groups in total. The Bertz CT molecular complexity index is 245. The van der Waals surface area contributed by atoms with Gasteiger partial charge < -0.3 is 35.6 Å². The normalized spacial score (nSPS) is 35.5. The van der Waals surface area contributed by atoms with Gasteiger partial charge in [0.1, 0.15) is 24.4 Å². The molecule has 1 saturated heterocycles. The fourth-order valence-electron chi connectivity index (χ4n) is 1.75. The zero-order valence-electron chi connectivity index (χ0n) is 10.7. The monoisotopic (exact) mass is 297 g/mol. The summed E-state index contributed by atoms with van der Waals surface area (Å²) in [5.74, 6) is 1.77. The average molecular weight is 297 g/mol. The van der Waals surface area contributed by atoms with Gasteiger partial charge in [0, 0.05) is 12.3 Å². The molecule has 19 heavy (non-hydrogen) atoms. The van der Waals surface area contributed by atoms with E-state index in [2.05, 4.69) is 0 Å². The van der Waals surface area contributed by atoms with Crippen molar-refractivity contribution in [2.75, 3.05) is 31.3 Å². The molecule has 0 unspecified atom stereocenters. The second-order valence-electron chi connectivity index (χ2n) is 4.32. The van der Waals surface area contributed by atoms with Crippen LogP contribution in [0.25, 0.3) is 0 Å². The maximum atomic E-state index is 9.70. The molecule has 114 valence electrons. The molecule has 0 spiro atoms. The van der Waals surface area contributed by atoms with Gasteiger partial charge in [-0.1, -0.05) is 0 Å². The molecule has 1 aliphatic rings. The van der Waals surface area contributed by atoms with E-state index in [1.807, 2.05) is 0 Å². The lowest BCUT2D eigenvalue weighted by molar-refractivity contribution is -0.300. The predicted octanol–water partition coefficient (Wildman–Crippen LogP) is -2.12. The standard InChI is InChI=1S/C11H23NO6S/c12-2-5-19-4-1-3-17-11-10(16)9(15)8(14)7(6-13)18-11/h7-11,13-16H,1-6,12H2/t7-,8-,9+,10-,11+/m1/s1. The van der Waals surface area contributed by atoms with E-state index >= 15 is 0 Å². The first-order valence-electron chi connectivity index (χ1n) is 6.31. The Labute approximate surface area is 116 Å². The molecule has 0 aromatic carbocycles. The lowest BCUT2D eigenvalue weighted by atomic mass is 9.99. The van der Waals surface area contributed by atoms with E-state index in [-0.39, 0.29) is 0 Å². The van der Waals surface area contributed by atoms with Crippen LogP contribution in [-0.4, -0.2) is 82.4 Å². The van der Waals surface area contributed by atoms with Crippen LogP contribution in [0.15, 0.2) is 0 Å². The van der Waals surface area contributed by atoms with Crippen molar-refractivity contribution in [2.45, 2.75) is 37.1 Å². The lowest BCUT2D eigenvalue weighted by Crippen LogP contribution is -2.59. The molecule has 0 aliphatic carbocycles. The zero-order valence-corrected chi connectivity index (χ0v) is 11.5. The van der Waals surface area contributed by atoms with Gasteiger partial charge in [-0.15, -0.1) is 0 Å². The largest absolute Gasteiger partial charge is 0.394 e. The second-order valence-corrected chi connectivity index (χ2v) is 5.55. The number of aliphatic hydroxyl groups excluding tert-OH is 4. The average Bonchev–Trinajstić information content (AvgIpc) is 2.42. The molecule has 0 radical (unpaired) electrons. The van der Waals surface area contributed by atoms with Crippen molar-refractivity contribution in [3.05, 3.63) is 0 Å². The van der Waals surface area contributed by atoms with Crippen LogP contribution >= 0.6 is 11.8 Å². The molecule has 0 aromatic rings. The Morgan fingerprint density at radius 1 is 1.11 bits per heavy atom. The van der Waals surface area contributed by atoms with E-state index in [4.69, 9.17) is 20.3 Å². The highest BCUT2D eigenvalue weighted by molar-refractivity contribution is 7.99. The van der Waals surface area contributed by atoms with Gasteiger partial charge in [-0.25, -0.2) is 0 Å². The summed E-state index contributed by atoms with van der Waals surface area (Å²) in [5.41, 5.74) is 5.36. The number of rotatable bonds is 8. The van der Waals surface area contributed by atoms with Crippen molar-refractivity contribution in [1.82, 2.24) is 0 Å². The minimum atomic E-state index is -1.39. The summed E-state index contributed by atoms with van der Waals surface area (Å²) in [5, 5.41) is 37.8. The van der Waals surface area contributed by atoms with Crippen LogP contribution in [-0.2, 0) is 9.47 Å². The van der Waals surface area contributed by atoms with Gasteiger partial charge in [0.05, 0.1) is 13.2 Å². The van der Waals surface area contributed by atoms with Crippen molar-refractivity contribution < 1.29 is 29.9 Å². The van der Waals surface area contributed by atoms with Crippen molar-refractivity contribution in [3.63, 3.8) is 0 Å². The minimum absolute atomic E-state index is 0.361. The number of hydrogen-bond acceptors (Lipinski definition) is 8. The number of nitrogens with two attached hydrogens (primary N) is 1. The van der Waals surface area contributed by atoms with Crippen molar-refractivity contribution in [3.8, 4) is 0 Å². The summed E-state index contributed by atoms with van der Waals surface area (Å²) in [6.07, 6.45) is -5.25. The summed E-state index contributed by atoms with van der Waals surface area (Å²) in [4.78, 5) is 0. The summed E-state index contributed by atoms with van der Waals surface area (Å²) in [6.45, 7) is 0.551. The first-order valence-corrected chi connectivity index (χ1v) is 7.47. The predicted molar refractivity (Wildman–Crippen MR) is 70.7 cm³/mol. The van der Waals surface area contributed by atoms with Gasteiger partial charge in [-0.05, 0) is 12.2 Å². The van der Waals surface area contributed by atoms with Crippen LogP contribution in [0.2, 0.25) is 0 Å². The third kappa shape index (κ3) is 5.16. The summed E-state index contributed by atoms with van der Waals surface area (Å²) < 4.78 is 10.5. The van der Waals surface area contributed by atoms with Crippen LogP contribution in [0.5, 0.6) is 0 Å². The Morgan fingerprint density at radius 2 is 1.84 bits per heavy atom. The fourth-order valence-corrected chi connectivity index (χ4v) is 2.44. The van der Waals surface area contributed by atoms with Gasteiger partial charge >= 0.3 is 0 Å². The van der Waals surface area contributed by atoms with Crippen LogP contribution in [0, 0.1) is 0 Å². The zero-order chi connectivity index (χ0) is 14.3. The Hall–Kier alpha value is 0.0700. The maximum absolute atomic E-state index is 9.70. The molecule has 7 nitrogen and oxygen atoms in total. The van der Waals surface area contributed by atoms with E-state index in [9.17, 15) is 15.3 Å². The van der Waals surface area contributed by atoms with Gasteiger partial charge in [0.15, 0.2) is 6.29 Å². The number of aliphatic hydroxyl groups is 4. The van der Waals surface area contributed by atoms with Crippen molar-refractivity contribution in [1.29, 1.82) is 0 Å². The third-order valence-electron chi connectivity index (χ3n) is 2.83. The highest BCUT2D eigenvalue weighted by atomic mass is 32.2. The molecule has 8 heteroatoms. The molecular weight excluding hydrogens is 274 g/mol. The summed E-state index contributed by atoms with van der Waals surface area (Å²) in [6, 6.07) is 0. The quantitative estimate of drug-likeness (QED) is 0.322. The van der Waals surface area contributed by atoms with Gasteiger partial charge in [0.25, 0.3) is 0 Å². The number of hydrogen-bond donors (Lipinski definition) is 5. The Balaban J connectivity index is 2.28. The van der Waals surface area contributed by atoms with E-state index < -0.39 is 37.3 Å². The Morgan fingerprint density at radius 3 is 2.47 bits per heavy atom. The third-order valence-corrected chi connectivity index (χ3v) is 3.93. The second kappa shape index (κ2) is 9.09. The van der Waals surface area contributed by atoms with Crippen LogP contribution in [0.3, 0.4) is 0 Å². The topological polar surface area (TPSA) is 125 Å². The summed E-state index contributed by atoms with van der Waals surface area (Å²) >= 11 is 1.71. The fraction of sp³-hybridized carbons (Fsp3) is 1.00. The first kappa shape index (κ1) is 17.1. The van der Waals surface area contributed by atoms with Gasteiger partial charge in [0.2, 0.25) is 0 Å². The molecule has 0 saturated carbocycles. The van der Waals surface area contributed by atoms with E-state index in [0.29, 0.717) is 13.2 Å². The summed E-state index contributed by atoms with van der Waals surface area (Å²) in [7, 11) is 0. The van der Waals surface area contributed by atoms with Crippen molar-refractivity contribution >= 4 is 11.8 Å². The molecule has 0 bridgehead atoms. The molecule has 0 amide bonds. The highest BCUT2D eigenvalue weighted by Crippen LogP contribution is 2.22. The first-order chi connectivity index (χ1) is 9.11. The SMILES string of the molecule is NCCSCCCO[C@H]1O[C@H](CO)[C@@H](O)[C@H](O)[C@H]1O. The smallest absolute Gasteiger partial charge is 0.186 e. The molecule has 1 aliphatic heterocycles. The van der Waals surface area contributed by atoms with E-state index in [1.165, 1.54) is 0 Å².